The van der Waals surface area contributed by atoms with Crippen molar-refractivity contribution < 1.29 is 26.4 Å². The number of methoxy groups -OCH3 is 1. The van der Waals surface area contributed by atoms with Crippen LogP contribution in [0, 0.1) is 0 Å². The van der Waals surface area contributed by atoms with Crippen LogP contribution in [0.2, 0.25) is 18.1 Å². The third-order valence-electron chi connectivity index (χ3n) is 6.83. The zero-order chi connectivity index (χ0) is 26.9. The van der Waals surface area contributed by atoms with Crippen molar-refractivity contribution in [1.82, 2.24) is 4.31 Å². The topological polar surface area (TPSA) is 81.9 Å². The largest absolute Gasteiger partial charge is 0.413 e. The van der Waals surface area contributed by atoms with Gasteiger partial charge in [-0.1, -0.05) is 52.7 Å². The fourth-order valence-corrected chi connectivity index (χ4v) is 6.01. The van der Waals surface area contributed by atoms with Crippen LogP contribution < -0.4 is 5.73 Å². The first kappa shape index (κ1) is 32.1. The summed E-state index contributed by atoms with van der Waals surface area (Å²) in [7, 11) is -4.41. The van der Waals surface area contributed by atoms with Gasteiger partial charge in [-0.25, -0.2) is 17.2 Å². The maximum atomic E-state index is 13.9. The van der Waals surface area contributed by atoms with Gasteiger partial charge in [-0.2, -0.15) is 4.31 Å². The lowest BCUT2D eigenvalue weighted by atomic mass is 10.1. The zero-order valence-corrected chi connectivity index (χ0v) is 24.4. The molecular weight excluding hydrogens is 490 g/mol. The number of rotatable bonds is 16. The Bertz CT molecular complexity index is 859. The number of alkyl halides is 2. The highest BCUT2D eigenvalue weighted by Crippen LogP contribution is 2.37. The van der Waals surface area contributed by atoms with Gasteiger partial charge in [-0.3, -0.25) is 0 Å². The molecule has 35 heavy (non-hydrogen) atoms. The number of halogens is 2. The maximum absolute atomic E-state index is 13.9. The molecule has 1 rings (SSSR count). The fraction of sp³-hybridized carbons (Fsp3) is 0.760. The number of unbranched alkanes of at least 4 members (excludes halogenated alkanes) is 2. The molecule has 0 radical (unpaired) electrons. The Morgan fingerprint density at radius 2 is 1.71 bits per heavy atom. The summed E-state index contributed by atoms with van der Waals surface area (Å²) < 4.78 is 67.8. The molecule has 1 aromatic carbocycles. The van der Waals surface area contributed by atoms with Gasteiger partial charge in [0.15, 0.2) is 8.32 Å². The van der Waals surface area contributed by atoms with E-state index in [-0.39, 0.29) is 29.5 Å². The number of nitrogens with two attached hydrogens (primary N) is 1. The van der Waals surface area contributed by atoms with Gasteiger partial charge in [0.2, 0.25) is 10.0 Å². The van der Waals surface area contributed by atoms with Crippen LogP contribution >= 0.6 is 0 Å². The van der Waals surface area contributed by atoms with Crippen LogP contribution in [0.25, 0.3) is 0 Å². The highest BCUT2D eigenvalue weighted by molar-refractivity contribution is 7.89. The highest BCUT2D eigenvalue weighted by atomic mass is 32.2. The van der Waals surface area contributed by atoms with E-state index in [0.717, 1.165) is 18.4 Å². The molecule has 0 aliphatic heterocycles. The van der Waals surface area contributed by atoms with Crippen LogP contribution in [0.1, 0.15) is 65.4 Å². The van der Waals surface area contributed by atoms with Crippen LogP contribution in [-0.2, 0) is 25.8 Å². The Kier molecular flexibility index (Phi) is 12.5. The van der Waals surface area contributed by atoms with Crippen LogP contribution in [0.15, 0.2) is 29.2 Å². The Morgan fingerprint density at radius 3 is 2.20 bits per heavy atom. The lowest BCUT2D eigenvalue weighted by Crippen LogP contribution is -2.44. The summed E-state index contributed by atoms with van der Waals surface area (Å²) in [5, 5.41) is 0.0757. The van der Waals surface area contributed by atoms with Gasteiger partial charge in [0.25, 0.3) is 5.92 Å². The normalized spacial score (nSPS) is 14.5. The molecule has 1 atom stereocenters. The second kappa shape index (κ2) is 13.6. The number of nitrogens with zero attached hydrogens (tertiary/aromatic N) is 1. The van der Waals surface area contributed by atoms with Crippen molar-refractivity contribution in [2.45, 2.75) is 101 Å². The SMILES string of the molecule is CCCCCN(C(CCC(F)(F)CN)COC)S(=O)(=O)c1ccc(CO[Si](C)(C)C(C)(C)C)cc1. The Hall–Kier alpha value is -0.913. The minimum atomic E-state index is -3.92. The van der Waals surface area contributed by atoms with Gasteiger partial charge < -0.3 is 14.9 Å². The van der Waals surface area contributed by atoms with Crippen LogP contribution in [0.3, 0.4) is 0 Å². The number of hydrogen-bond donors (Lipinski definition) is 1. The molecular formula is C25H46F2N2O4SSi. The number of sulfonamides is 1. The monoisotopic (exact) mass is 536 g/mol. The predicted molar refractivity (Wildman–Crippen MR) is 141 cm³/mol. The molecule has 0 fully saturated rings. The number of ether oxygens (including phenoxy) is 1. The second-order valence-electron chi connectivity index (χ2n) is 10.7. The summed E-state index contributed by atoms with van der Waals surface area (Å²) in [5.74, 6) is -3.05. The third-order valence-corrected chi connectivity index (χ3v) is 13.3. The van der Waals surface area contributed by atoms with Crippen molar-refractivity contribution in [2.75, 3.05) is 26.8 Å². The standard InChI is InChI=1S/C25H46F2N2O4SSi/c1-8-9-10-17-29(22(19-32-5)15-16-25(26,27)20-28)34(30,31)23-13-11-21(12-14-23)18-33-35(6,7)24(2,3)4/h11-14,22H,8-10,15-20,28H2,1-7H3. The van der Waals surface area contributed by atoms with E-state index in [1.165, 1.54) is 11.4 Å². The Morgan fingerprint density at radius 1 is 1.11 bits per heavy atom. The molecule has 0 aliphatic rings. The third kappa shape index (κ3) is 9.81. The lowest BCUT2D eigenvalue weighted by Gasteiger charge is -2.36. The zero-order valence-electron chi connectivity index (χ0n) is 22.6. The molecule has 2 N–H and O–H groups in total. The molecule has 1 aromatic rings. The van der Waals surface area contributed by atoms with Crippen molar-refractivity contribution in [2.24, 2.45) is 5.73 Å². The van der Waals surface area contributed by atoms with E-state index in [2.05, 4.69) is 33.9 Å². The molecule has 10 heteroatoms. The van der Waals surface area contributed by atoms with E-state index in [0.29, 0.717) is 13.0 Å². The number of hydrogen-bond acceptors (Lipinski definition) is 5. The molecule has 0 saturated heterocycles. The lowest BCUT2D eigenvalue weighted by molar-refractivity contribution is -0.00830. The maximum Gasteiger partial charge on any atom is 0.260 e. The van der Waals surface area contributed by atoms with Crippen LogP contribution in [0.4, 0.5) is 8.78 Å². The van der Waals surface area contributed by atoms with E-state index in [1.807, 2.05) is 6.92 Å². The highest BCUT2D eigenvalue weighted by Gasteiger charge is 2.37. The molecule has 0 aromatic heterocycles. The summed E-state index contributed by atoms with van der Waals surface area (Å²) >= 11 is 0. The average Bonchev–Trinajstić information content (AvgIpc) is 2.78. The van der Waals surface area contributed by atoms with Gasteiger partial charge in [0.05, 0.1) is 24.7 Å². The molecule has 0 bridgehead atoms. The first-order valence-electron chi connectivity index (χ1n) is 12.4. The van der Waals surface area contributed by atoms with Crippen molar-refractivity contribution in [3.8, 4) is 0 Å². The quantitative estimate of drug-likeness (QED) is 0.214. The van der Waals surface area contributed by atoms with Gasteiger partial charge in [-0.15, -0.1) is 0 Å². The van der Waals surface area contributed by atoms with E-state index in [9.17, 15) is 17.2 Å². The minimum absolute atomic E-state index is 0.0322. The first-order valence-corrected chi connectivity index (χ1v) is 16.8. The van der Waals surface area contributed by atoms with E-state index in [1.54, 1.807) is 24.3 Å². The molecule has 0 aliphatic carbocycles. The summed E-state index contributed by atoms with van der Waals surface area (Å²) in [6, 6.07) is 5.97. The van der Waals surface area contributed by atoms with Gasteiger partial charge in [-0.05, 0) is 48.7 Å². The predicted octanol–water partition coefficient (Wildman–Crippen LogP) is 5.78. The Labute approximate surface area is 212 Å². The van der Waals surface area contributed by atoms with Crippen LogP contribution in [0.5, 0.6) is 0 Å². The summed E-state index contributed by atoms with van der Waals surface area (Å²) in [5.41, 5.74) is 6.08. The van der Waals surface area contributed by atoms with Crippen molar-refractivity contribution in [3.05, 3.63) is 29.8 Å². The average molecular weight is 537 g/mol. The van der Waals surface area contributed by atoms with E-state index in [4.69, 9.17) is 14.9 Å². The molecule has 204 valence electrons. The molecule has 0 amide bonds. The second-order valence-corrected chi connectivity index (χ2v) is 17.4. The fourth-order valence-electron chi connectivity index (χ4n) is 3.37. The number of benzene rings is 1. The van der Waals surface area contributed by atoms with Gasteiger partial charge >= 0.3 is 0 Å². The van der Waals surface area contributed by atoms with Crippen molar-refractivity contribution >= 4 is 18.3 Å². The molecule has 6 nitrogen and oxygen atoms in total. The summed E-state index contributed by atoms with van der Waals surface area (Å²) in [4.78, 5) is 0.136. The first-order chi connectivity index (χ1) is 16.1. The van der Waals surface area contributed by atoms with E-state index >= 15 is 0 Å². The minimum Gasteiger partial charge on any atom is -0.413 e. The van der Waals surface area contributed by atoms with Gasteiger partial charge in [0, 0.05) is 26.1 Å². The van der Waals surface area contributed by atoms with Crippen molar-refractivity contribution in [1.29, 1.82) is 0 Å². The smallest absolute Gasteiger partial charge is 0.260 e. The Balaban J connectivity index is 3.15. The summed E-state index contributed by atoms with van der Waals surface area (Å²) in [6.45, 7) is 12.8. The molecule has 0 heterocycles. The van der Waals surface area contributed by atoms with Gasteiger partial charge in [0.1, 0.15) is 0 Å². The van der Waals surface area contributed by atoms with Crippen molar-refractivity contribution in [3.63, 3.8) is 0 Å². The molecule has 0 saturated carbocycles. The van der Waals surface area contributed by atoms with E-state index < -0.39 is 43.3 Å². The molecule has 1 unspecified atom stereocenters. The summed E-state index contributed by atoms with van der Waals surface area (Å²) in [6.07, 6.45) is 1.86. The van der Waals surface area contributed by atoms with Crippen LogP contribution in [-0.4, -0.2) is 59.8 Å². The molecule has 0 spiro atoms.